The molecule has 0 saturated heterocycles. The molecule has 0 saturated carbocycles. The molecular formula is C16H19NO3S. The van der Waals surface area contributed by atoms with Gasteiger partial charge in [0.1, 0.15) is 5.75 Å². The first kappa shape index (κ1) is 15.5. The summed E-state index contributed by atoms with van der Waals surface area (Å²) in [6.45, 7) is 4.34. The van der Waals surface area contributed by atoms with Crippen molar-refractivity contribution in [1.29, 1.82) is 0 Å². The number of benzene rings is 2. The molecule has 0 aliphatic rings. The Kier molecular flexibility index (Phi) is 4.98. The van der Waals surface area contributed by atoms with Crippen molar-refractivity contribution in [3.63, 3.8) is 0 Å². The molecule has 112 valence electrons. The summed E-state index contributed by atoms with van der Waals surface area (Å²) in [5.74, 6) is 0.777. The molecule has 21 heavy (non-hydrogen) atoms. The first-order chi connectivity index (χ1) is 10.0. The average Bonchev–Trinajstić information content (AvgIpc) is 2.49. The van der Waals surface area contributed by atoms with E-state index in [1.807, 2.05) is 38.1 Å². The van der Waals surface area contributed by atoms with Gasteiger partial charge < -0.3 is 4.74 Å². The third-order valence-corrected chi connectivity index (χ3v) is 4.63. The summed E-state index contributed by atoms with van der Waals surface area (Å²) in [6.07, 6.45) is 0. The Bertz CT molecular complexity index is 666. The maximum Gasteiger partial charge on any atom is 0.241 e. The van der Waals surface area contributed by atoms with Gasteiger partial charge in [-0.3, -0.25) is 0 Å². The minimum atomic E-state index is -3.51. The van der Waals surface area contributed by atoms with Crippen molar-refractivity contribution in [2.24, 2.45) is 0 Å². The second-order valence-corrected chi connectivity index (χ2v) is 6.37. The van der Waals surface area contributed by atoms with Crippen LogP contribution in [0.3, 0.4) is 0 Å². The summed E-state index contributed by atoms with van der Waals surface area (Å²) < 4.78 is 32.5. The summed E-state index contributed by atoms with van der Waals surface area (Å²) in [4.78, 5) is 0.266. The number of hydrogen-bond donors (Lipinski definition) is 1. The van der Waals surface area contributed by atoms with E-state index in [1.54, 1.807) is 30.3 Å². The summed E-state index contributed by atoms with van der Waals surface area (Å²) in [5.41, 5.74) is 0.887. The lowest BCUT2D eigenvalue weighted by molar-refractivity contribution is 0.340. The molecule has 0 aliphatic heterocycles. The molecule has 0 aromatic heterocycles. The monoisotopic (exact) mass is 305 g/mol. The van der Waals surface area contributed by atoms with Crippen LogP contribution in [-0.2, 0) is 10.0 Å². The molecule has 0 aliphatic carbocycles. The molecule has 2 aromatic carbocycles. The predicted octanol–water partition coefficient (Wildman–Crippen LogP) is 3.12. The number of rotatable bonds is 6. The standard InChI is InChI=1S/C16H19NO3S/c1-3-20-15-11-9-14(10-12-15)13(2)17-21(18,19)16-7-5-4-6-8-16/h4-13,17H,3H2,1-2H3. The van der Waals surface area contributed by atoms with Gasteiger partial charge in [0.05, 0.1) is 11.5 Å². The normalized spacial score (nSPS) is 12.9. The number of nitrogens with one attached hydrogen (secondary N) is 1. The van der Waals surface area contributed by atoms with Crippen molar-refractivity contribution in [3.05, 3.63) is 60.2 Å². The van der Waals surface area contributed by atoms with Gasteiger partial charge in [-0.05, 0) is 43.7 Å². The van der Waals surface area contributed by atoms with E-state index in [0.29, 0.717) is 6.61 Å². The Morgan fingerprint density at radius 3 is 2.24 bits per heavy atom. The van der Waals surface area contributed by atoms with Crippen LogP contribution >= 0.6 is 0 Å². The van der Waals surface area contributed by atoms with Gasteiger partial charge >= 0.3 is 0 Å². The van der Waals surface area contributed by atoms with Crippen molar-refractivity contribution in [1.82, 2.24) is 4.72 Å². The SMILES string of the molecule is CCOc1ccc(C(C)NS(=O)(=O)c2ccccc2)cc1. The molecule has 1 unspecified atom stereocenters. The number of ether oxygens (including phenoxy) is 1. The van der Waals surface area contributed by atoms with E-state index in [9.17, 15) is 8.42 Å². The third kappa shape index (κ3) is 4.06. The van der Waals surface area contributed by atoms with Gasteiger partial charge in [0.2, 0.25) is 10.0 Å². The highest BCUT2D eigenvalue weighted by atomic mass is 32.2. The van der Waals surface area contributed by atoms with E-state index in [4.69, 9.17) is 4.74 Å². The summed E-state index contributed by atoms with van der Waals surface area (Å²) in [5, 5.41) is 0. The molecule has 1 atom stereocenters. The van der Waals surface area contributed by atoms with E-state index in [-0.39, 0.29) is 10.9 Å². The summed E-state index contributed by atoms with van der Waals surface area (Å²) >= 11 is 0. The molecule has 5 heteroatoms. The van der Waals surface area contributed by atoms with Crippen molar-refractivity contribution in [2.75, 3.05) is 6.61 Å². The van der Waals surface area contributed by atoms with Crippen LogP contribution < -0.4 is 9.46 Å². The van der Waals surface area contributed by atoms with Crippen molar-refractivity contribution in [3.8, 4) is 5.75 Å². The van der Waals surface area contributed by atoms with E-state index >= 15 is 0 Å². The highest BCUT2D eigenvalue weighted by molar-refractivity contribution is 7.89. The zero-order chi connectivity index (χ0) is 15.3. The second kappa shape index (κ2) is 6.74. The highest BCUT2D eigenvalue weighted by Gasteiger charge is 2.17. The summed E-state index contributed by atoms with van der Waals surface area (Å²) in [7, 11) is -3.51. The quantitative estimate of drug-likeness (QED) is 0.892. The lowest BCUT2D eigenvalue weighted by atomic mass is 10.1. The van der Waals surface area contributed by atoms with Crippen LogP contribution in [0.25, 0.3) is 0 Å². The third-order valence-electron chi connectivity index (χ3n) is 3.08. The molecule has 2 rings (SSSR count). The maximum atomic E-state index is 12.2. The smallest absolute Gasteiger partial charge is 0.241 e. The topological polar surface area (TPSA) is 55.4 Å². The molecule has 0 heterocycles. The lowest BCUT2D eigenvalue weighted by Crippen LogP contribution is -2.26. The van der Waals surface area contributed by atoms with Crippen LogP contribution in [0.4, 0.5) is 0 Å². The van der Waals surface area contributed by atoms with Gasteiger partial charge in [0.25, 0.3) is 0 Å². The molecule has 1 N–H and O–H groups in total. The number of sulfonamides is 1. The predicted molar refractivity (Wildman–Crippen MR) is 82.8 cm³/mol. The Balaban J connectivity index is 2.12. The van der Waals surface area contributed by atoms with Crippen molar-refractivity contribution >= 4 is 10.0 Å². The maximum absolute atomic E-state index is 12.2. The van der Waals surface area contributed by atoms with E-state index in [1.165, 1.54) is 0 Å². The summed E-state index contributed by atoms with van der Waals surface area (Å²) in [6, 6.07) is 15.4. The van der Waals surface area contributed by atoms with Crippen LogP contribution in [0.1, 0.15) is 25.5 Å². The van der Waals surface area contributed by atoms with Crippen LogP contribution in [0.2, 0.25) is 0 Å². The molecule has 0 bridgehead atoms. The van der Waals surface area contributed by atoms with Gasteiger partial charge in [0, 0.05) is 6.04 Å². The zero-order valence-corrected chi connectivity index (χ0v) is 12.9. The van der Waals surface area contributed by atoms with Gasteiger partial charge in [-0.2, -0.15) is 0 Å². The van der Waals surface area contributed by atoms with Crippen LogP contribution in [-0.4, -0.2) is 15.0 Å². The van der Waals surface area contributed by atoms with Crippen LogP contribution in [0, 0.1) is 0 Å². The van der Waals surface area contributed by atoms with Crippen LogP contribution in [0.5, 0.6) is 5.75 Å². The minimum Gasteiger partial charge on any atom is -0.494 e. The molecular weight excluding hydrogens is 286 g/mol. The van der Waals surface area contributed by atoms with Gasteiger partial charge in [-0.25, -0.2) is 13.1 Å². The Morgan fingerprint density at radius 1 is 1.05 bits per heavy atom. The first-order valence-electron chi connectivity index (χ1n) is 6.83. The van der Waals surface area contributed by atoms with Gasteiger partial charge in [0.15, 0.2) is 0 Å². The minimum absolute atomic E-state index is 0.266. The lowest BCUT2D eigenvalue weighted by Gasteiger charge is -2.15. The molecule has 2 aromatic rings. The van der Waals surface area contributed by atoms with Gasteiger partial charge in [-0.1, -0.05) is 30.3 Å². The molecule has 0 fully saturated rings. The van der Waals surface area contributed by atoms with Crippen LogP contribution in [0.15, 0.2) is 59.5 Å². The fraction of sp³-hybridized carbons (Fsp3) is 0.250. The van der Waals surface area contributed by atoms with Crippen molar-refractivity contribution in [2.45, 2.75) is 24.8 Å². The van der Waals surface area contributed by atoms with E-state index < -0.39 is 10.0 Å². The van der Waals surface area contributed by atoms with Crippen molar-refractivity contribution < 1.29 is 13.2 Å². The highest BCUT2D eigenvalue weighted by Crippen LogP contribution is 2.20. The Hall–Kier alpha value is -1.85. The molecule has 0 radical (unpaired) electrons. The Morgan fingerprint density at radius 2 is 1.67 bits per heavy atom. The molecule has 0 amide bonds. The molecule has 4 nitrogen and oxygen atoms in total. The fourth-order valence-corrected chi connectivity index (χ4v) is 3.24. The van der Waals surface area contributed by atoms with E-state index in [0.717, 1.165) is 11.3 Å². The Labute approximate surface area is 125 Å². The number of hydrogen-bond acceptors (Lipinski definition) is 3. The fourth-order valence-electron chi connectivity index (χ4n) is 1.99. The van der Waals surface area contributed by atoms with E-state index in [2.05, 4.69) is 4.72 Å². The van der Waals surface area contributed by atoms with Gasteiger partial charge in [-0.15, -0.1) is 0 Å². The largest absolute Gasteiger partial charge is 0.494 e. The zero-order valence-electron chi connectivity index (χ0n) is 12.1. The average molecular weight is 305 g/mol. The first-order valence-corrected chi connectivity index (χ1v) is 8.31. The molecule has 0 spiro atoms. The second-order valence-electron chi connectivity index (χ2n) is 4.66.